The highest BCUT2D eigenvalue weighted by Crippen LogP contribution is 2.33. The van der Waals surface area contributed by atoms with Crippen molar-refractivity contribution in [1.29, 1.82) is 0 Å². The van der Waals surface area contributed by atoms with E-state index in [1.165, 1.54) is 54.0 Å². The van der Waals surface area contributed by atoms with Gasteiger partial charge in [-0.25, -0.2) is 33.2 Å². The summed E-state index contributed by atoms with van der Waals surface area (Å²) in [5.41, 5.74) is 2.83. The van der Waals surface area contributed by atoms with Gasteiger partial charge in [-0.2, -0.15) is 0 Å². The van der Waals surface area contributed by atoms with Crippen molar-refractivity contribution in [3.05, 3.63) is 60.2 Å². The lowest BCUT2D eigenvalue weighted by molar-refractivity contribution is 0.161. The third-order valence-corrected chi connectivity index (χ3v) is 4.67. The molecule has 11 heteroatoms. The van der Waals surface area contributed by atoms with Gasteiger partial charge in [-0.3, -0.25) is 5.21 Å². The molecule has 0 radical (unpaired) electrons. The van der Waals surface area contributed by atoms with Crippen LogP contribution >= 0.6 is 0 Å². The number of nitrogens with one attached hydrogen (secondary N) is 2. The van der Waals surface area contributed by atoms with Crippen LogP contribution in [0.2, 0.25) is 0 Å². The second kappa shape index (κ2) is 7.76. The number of halogens is 1. The van der Waals surface area contributed by atoms with Gasteiger partial charge in [0.25, 0.3) is 0 Å². The number of hydroxylamine groups is 1. The van der Waals surface area contributed by atoms with Crippen molar-refractivity contribution in [3.8, 4) is 22.6 Å². The molecule has 0 unspecified atom stereocenters. The summed E-state index contributed by atoms with van der Waals surface area (Å²) in [5, 5.41) is 16.0. The van der Waals surface area contributed by atoms with Crippen LogP contribution in [0.3, 0.4) is 0 Å². The number of carbonyl (C=O) groups excluding carboxylic acids is 1. The lowest BCUT2D eigenvalue weighted by atomic mass is 10.1. The molecule has 0 spiro atoms. The highest BCUT2D eigenvalue weighted by atomic mass is 32.2. The number of nitrogens with two attached hydrogens (primary N) is 1. The van der Waals surface area contributed by atoms with Crippen molar-refractivity contribution >= 4 is 16.1 Å². The van der Waals surface area contributed by atoms with Gasteiger partial charge in [0.2, 0.25) is 15.9 Å². The van der Waals surface area contributed by atoms with Gasteiger partial charge >= 0.3 is 6.03 Å². The maximum absolute atomic E-state index is 13.2. The van der Waals surface area contributed by atoms with Crippen LogP contribution < -0.4 is 15.9 Å². The molecule has 5 N–H and O–H groups in total. The molecule has 146 valence electrons. The summed E-state index contributed by atoms with van der Waals surface area (Å²) in [5.74, 6) is -0.0185. The van der Waals surface area contributed by atoms with Gasteiger partial charge in [-0.1, -0.05) is 0 Å². The second-order valence-electron chi connectivity index (χ2n) is 5.66. The number of rotatable bonds is 5. The molecule has 0 aliphatic rings. The molecular weight excluding hydrogens is 391 g/mol. The molecule has 0 aliphatic heterocycles. The molecule has 2 aromatic carbocycles. The minimum absolute atomic E-state index is 0.0689. The van der Waals surface area contributed by atoms with Crippen molar-refractivity contribution in [2.75, 3.05) is 0 Å². The normalized spacial score (nSPS) is 11.2. The Labute approximate surface area is 159 Å². The van der Waals surface area contributed by atoms with E-state index in [0.717, 1.165) is 0 Å². The van der Waals surface area contributed by atoms with Gasteiger partial charge in [0.05, 0.1) is 11.4 Å². The van der Waals surface area contributed by atoms with E-state index >= 15 is 0 Å². The molecule has 0 atom stereocenters. The molecule has 1 aromatic heterocycles. The molecule has 0 fully saturated rings. The Hall–Kier alpha value is -3.28. The molecule has 1 heterocycles. The second-order valence-corrected chi connectivity index (χ2v) is 7.22. The van der Waals surface area contributed by atoms with Gasteiger partial charge in [0, 0.05) is 11.1 Å². The minimum atomic E-state index is -3.85. The van der Waals surface area contributed by atoms with Crippen LogP contribution in [0.5, 0.6) is 0 Å². The molecule has 0 saturated heterocycles. The number of amides is 2. The number of oxazole rings is 1. The van der Waals surface area contributed by atoms with Crippen molar-refractivity contribution < 1.29 is 27.2 Å². The van der Waals surface area contributed by atoms with E-state index in [2.05, 4.69) is 10.3 Å². The van der Waals surface area contributed by atoms with Crippen LogP contribution in [0, 0.1) is 5.82 Å². The Balaban J connectivity index is 2.03. The molecule has 3 rings (SSSR count). The fraction of sp³-hybridized carbons (Fsp3) is 0.0588. The zero-order valence-electron chi connectivity index (χ0n) is 14.2. The van der Waals surface area contributed by atoms with Gasteiger partial charge < -0.3 is 9.73 Å². The Morgan fingerprint density at radius 3 is 2.29 bits per heavy atom. The van der Waals surface area contributed by atoms with Gasteiger partial charge in [-0.05, 0) is 48.5 Å². The Morgan fingerprint density at radius 2 is 1.71 bits per heavy atom. The molecule has 28 heavy (non-hydrogen) atoms. The lowest BCUT2D eigenvalue weighted by Crippen LogP contribution is -2.32. The number of hydrogen-bond acceptors (Lipinski definition) is 6. The number of hydrogen-bond donors (Lipinski definition) is 4. The zero-order chi connectivity index (χ0) is 20.3. The summed E-state index contributed by atoms with van der Waals surface area (Å²) in [6, 6.07) is 10.3. The summed E-state index contributed by atoms with van der Waals surface area (Å²) in [6.07, 6.45) is 0. The minimum Gasteiger partial charge on any atom is -0.438 e. The number of benzene rings is 2. The van der Waals surface area contributed by atoms with E-state index in [1.807, 2.05) is 0 Å². The fourth-order valence-electron chi connectivity index (χ4n) is 2.43. The summed E-state index contributed by atoms with van der Waals surface area (Å²) < 4.78 is 41.8. The van der Waals surface area contributed by atoms with Crippen molar-refractivity contribution in [2.45, 2.75) is 11.4 Å². The standard InChI is InChI=1S/C17H15FN4O5S/c18-12-5-1-10(2-6-12)15-16(27-14(21-15)9-20-17(23)22-24)11-3-7-13(8-4-11)28(19,25)26/h1-8,24H,9H2,(H2,19,25,26)(H2,20,22,23). The predicted molar refractivity (Wildman–Crippen MR) is 95.9 cm³/mol. The smallest absolute Gasteiger partial charge is 0.338 e. The summed E-state index contributed by atoms with van der Waals surface area (Å²) >= 11 is 0. The largest absolute Gasteiger partial charge is 0.438 e. The Bertz CT molecular complexity index is 1100. The first-order valence-corrected chi connectivity index (χ1v) is 9.39. The topological polar surface area (TPSA) is 148 Å². The van der Waals surface area contributed by atoms with Crippen LogP contribution in [0.15, 0.2) is 57.8 Å². The number of carbonyl (C=O) groups is 1. The van der Waals surface area contributed by atoms with E-state index in [-0.39, 0.29) is 23.1 Å². The maximum Gasteiger partial charge on any atom is 0.338 e. The van der Waals surface area contributed by atoms with E-state index in [9.17, 15) is 17.6 Å². The fourth-order valence-corrected chi connectivity index (χ4v) is 2.95. The molecular formula is C17H15FN4O5S. The SMILES string of the molecule is NS(=O)(=O)c1ccc(-c2oc(CNC(=O)NO)nc2-c2ccc(F)cc2)cc1. The monoisotopic (exact) mass is 406 g/mol. The van der Waals surface area contributed by atoms with Gasteiger partial charge in [-0.15, -0.1) is 0 Å². The van der Waals surface area contributed by atoms with Crippen LogP contribution in [0.25, 0.3) is 22.6 Å². The van der Waals surface area contributed by atoms with E-state index in [0.29, 0.717) is 16.8 Å². The summed E-state index contributed by atoms with van der Waals surface area (Å²) in [6.45, 7) is -0.129. The number of sulfonamides is 1. The van der Waals surface area contributed by atoms with Crippen molar-refractivity contribution in [3.63, 3.8) is 0 Å². The molecule has 3 aromatic rings. The highest BCUT2D eigenvalue weighted by Gasteiger charge is 2.18. The van der Waals surface area contributed by atoms with Crippen molar-refractivity contribution in [1.82, 2.24) is 15.8 Å². The van der Waals surface area contributed by atoms with E-state index in [4.69, 9.17) is 14.8 Å². The first kappa shape index (κ1) is 19.5. The van der Waals surface area contributed by atoms with E-state index < -0.39 is 21.9 Å². The zero-order valence-corrected chi connectivity index (χ0v) is 15.0. The molecule has 0 bridgehead atoms. The number of nitrogens with zero attached hydrogens (tertiary/aromatic N) is 1. The van der Waals surface area contributed by atoms with Crippen LogP contribution in [-0.4, -0.2) is 24.6 Å². The molecule has 0 aliphatic carbocycles. The van der Waals surface area contributed by atoms with Crippen molar-refractivity contribution in [2.24, 2.45) is 5.14 Å². The van der Waals surface area contributed by atoms with Gasteiger partial charge in [0.15, 0.2) is 5.76 Å². The third kappa shape index (κ3) is 4.34. The average molecular weight is 406 g/mol. The summed E-state index contributed by atoms with van der Waals surface area (Å²) in [4.78, 5) is 15.4. The molecule has 2 amide bonds. The Morgan fingerprint density at radius 1 is 1.11 bits per heavy atom. The molecule has 0 saturated carbocycles. The third-order valence-electron chi connectivity index (χ3n) is 3.74. The summed E-state index contributed by atoms with van der Waals surface area (Å²) in [7, 11) is -3.85. The van der Waals surface area contributed by atoms with E-state index in [1.54, 1.807) is 0 Å². The maximum atomic E-state index is 13.2. The van der Waals surface area contributed by atoms with Crippen LogP contribution in [-0.2, 0) is 16.6 Å². The predicted octanol–water partition coefficient (Wildman–Crippen LogP) is 1.98. The quantitative estimate of drug-likeness (QED) is 0.376. The first-order valence-electron chi connectivity index (χ1n) is 7.85. The number of primary sulfonamides is 1. The van der Waals surface area contributed by atoms with Crippen LogP contribution in [0.1, 0.15) is 5.89 Å². The number of aromatic nitrogens is 1. The van der Waals surface area contributed by atoms with Crippen LogP contribution in [0.4, 0.5) is 9.18 Å². The Kier molecular flexibility index (Phi) is 5.40. The average Bonchev–Trinajstić information content (AvgIpc) is 3.10. The lowest BCUT2D eigenvalue weighted by Gasteiger charge is -2.03. The molecule has 9 nitrogen and oxygen atoms in total. The number of urea groups is 1. The first-order chi connectivity index (χ1) is 13.3. The van der Waals surface area contributed by atoms with Gasteiger partial charge in [0.1, 0.15) is 11.5 Å². The highest BCUT2D eigenvalue weighted by molar-refractivity contribution is 7.89.